The molecule has 0 unspecified atom stereocenters. The third-order valence-electron chi connectivity index (χ3n) is 5.14. The number of aromatic nitrogens is 4. The van der Waals surface area contributed by atoms with E-state index in [-0.39, 0.29) is 5.56 Å². The van der Waals surface area contributed by atoms with Gasteiger partial charge in [0.15, 0.2) is 5.65 Å². The Morgan fingerprint density at radius 1 is 0.966 bits per heavy atom. The minimum absolute atomic E-state index is 0.185. The van der Waals surface area contributed by atoms with Gasteiger partial charge < -0.3 is 0 Å². The first kappa shape index (κ1) is 17.6. The average Bonchev–Trinajstić information content (AvgIpc) is 3.06. The number of hydrogen-bond donors (Lipinski definition) is 0. The Morgan fingerprint density at radius 3 is 2.48 bits per heavy atom. The zero-order valence-electron chi connectivity index (χ0n) is 15.9. The van der Waals surface area contributed by atoms with Gasteiger partial charge >= 0.3 is 0 Å². The summed E-state index contributed by atoms with van der Waals surface area (Å²) in [5, 5.41) is 5.68. The number of hydrogen-bond acceptors (Lipinski definition) is 3. The number of para-hydroxylation sites is 1. The summed E-state index contributed by atoms with van der Waals surface area (Å²) >= 11 is 6.29. The van der Waals surface area contributed by atoms with Crippen LogP contribution in [0.3, 0.4) is 0 Å². The van der Waals surface area contributed by atoms with Gasteiger partial charge in [-0.3, -0.25) is 9.36 Å². The van der Waals surface area contributed by atoms with Crippen LogP contribution < -0.4 is 5.56 Å². The van der Waals surface area contributed by atoms with Gasteiger partial charge in [-0.05, 0) is 37.6 Å². The first-order chi connectivity index (χ1) is 14.0. The molecule has 0 aliphatic heterocycles. The molecule has 5 aromatic rings. The van der Waals surface area contributed by atoms with Crippen molar-refractivity contribution < 1.29 is 0 Å². The number of fused-ring (bicyclic) bond motifs is 3. The molecule has 2 aromatic carbocycles. The molecule has 3 aromatic heterocycles. The van der Waals surface area contributed by atoms with Gasteiger partial charge in [-0.15, -0.1) is 0 Å². The standard InChI is InChI=1S/C23H17ClN4O/c1-14-7-9-16(10-8-14)21-15(2)26-28-19-11-12-27(20-6-4-3-5-18(20)24)23(29)17(19)13-25-22(21)28/h3-13H,1-2H3. The van der Waals surface area contributed by atoms with Gasteiger partial charge in [-0.25, -0.2) is 9.50 Å². The molecule has 0 saturated heterocycles. The highest BCUT2D eigenvalue weighted by molar-refractivity contribution is 6.32. The number of pyridine rings is 1. The van der Waals surface area contributed by atoms with E-state index in [4.69, 9.17) is 11.6 Å². The lowest BCUT2D eigenvalue weighted by atomic mass is 10.0. The van der Waals surface area contributed by atoms with E-state index in [1.54, 1.807) is 23.0 Å². The Balaban J connectivity index is 1.78. The number of rotatable bonds is 2. The van der Waals surface area contributed by atoms with E-state index in [0.717, 1.165) is 22.5 Å². The van der Waals surface area contributed by atoms with Crippen molar-refractivity contribution in [2.45, 2.75) is 13.8 Å². The zero-order valence-corrected chi connectivity index (χ0v) is 16.7. The fourth-order valence-corrected chi connectivity index (χ4v) is 3.90. The van der Waals surface area contributed by atoms with E-state index in [9.17, 15) is 4.79 Å². The van der Waals surface area contributed by atoms with Crippen molar-refractivity contribution in [3.05, 3.63) is 93.6 Å². The molecule has 0 aliphatic carbocycles. The number of aryl methyl sites for hydroxylation is 2. The van der Waals surface area contributed by atoms with Crippen LogP contribution in [-0.4, -0.2) is 19.2 Å². The van der Waals surface area contributed by atoms with Crippen molar-refractivity contribution >= 4 is 28.2 Å². The van der Waals surface area contributed by atoms with Crippen molar-refractivity contribution in [3.63, 3.8) is 0 Å². The van der Waals surface area contributed by atoms with Gasteiger partial charge in [0.1, 0.15) is 0 Å². The summed E-state index contributed by atoms with van der Waals surface area (Å²) in [5.74, 6) is 0. The van der Waals surface area contributed by atoms with Crippen LogP contribution >= 0.6 is 11.6 Å². The van der Waals surface area contributed by atoms with Gasteiger partial charge in [0, 0.05) is 18.0 Å². The summed E-state index contributed by atoms with van der Waals surface area (Å²) in [6.45, 7) is 4.02. The average molecular weight is 401 g/mol. The SMILES string of the molecule is Cc1ccc(-c2c(C)nn3c2ncc2c(=O)n(-c4ccccc4Cl)ccc23)cc1. The maximum absolute atomic E-state index is 13.1. The predicted octanol–water partition coefficient (Wildman–Crippen LogP) is 4.97. The first-order valence-electron chi connectivity index (χ1n) is 9.26. The fourth-order valence-electron chi connectivity index (χ4n) is 3.67. The summed E-state index contributed by atoms with van der Waals surface area (Å²) in [5.41, 5.74) is 5.98. The molecule has 3 heterocycles. The lowest BCUT2D eigenvalue weighted by Gasteiger charge is -2.09. The van der Waals surface area contributed by atoms with Crippen LogP contribution in [0, 0.1) is 13.8 Å². The predicted molar refractivity (Wildman–Crippen MR) is 116 cm³/mol. The molecular formula is C23H17ClN4O. The maximum Gasteiger partial charge on any atom is 0.266 e. The Hall–Kier alpha value is -3.44. The van der Waals surface area contributed by atoms with Gasteiger partial charge in [0.05, 0.1) is 27.3 Å². The second-order valence-corrected chi connectivity index (χ2v) is 7.47. The normalized spacial score (nSPS) is 11.4. The summed E-state index contributed by atoms with van der Waals surface area (Å²) in [6.07, 6.45) is 3.35. The van der Waals surface area contributed by atoms with Gasteiger partial charge in [0.2, 0.25) is 0 Å². The molecule has 142 valence electrons. The fraction of sp³-hybridized carbons (Fsp3) is 0.0870. The molecule has 29 heavy (non-hydrogen) atoms. The third kappa shape index (κ3) is 2.74. The van der Waals surface area contributed by atoms with Crippen LogP contribution in [0.1, 0.15) is 11.3 Å². The first-order valence-corrected chi connectivity index (χ1v) is 9.64. The monoisotopic (exact) mass is 400 g/mol. The Kier molecular flexibility index (Phi) is 4.00. The zero-order chi connectivity index (χ0) is 20.1. The molecule has 0 atom stereocenters. The van der Waals surface area contributed by atoms with Crippen molar-refractivity contribution in [3.8, 4) is 16.8 Å². The lowest BCUT2D eigenvalue weighted by Crippen LogP contribution is -2.19. The van der Waals surface area contributed by atoms with E-state index in [2.05, 4.69) is 41.3 Å². The van der Waals surface area contributed by atoms with Crippen LogP contribution in [0.2, 0.25) is 5.02 Å². The lowest BCUT2D eigenvalue weighted by molar-refractivity contribution is 0.940. The summed E-state index contributed by atoms with van der Waals surface area (Å²) < 4.78 is 3.29. The third-order valence-corrected chi connectivity index (χ3v) is 5.46. The largest absolute Gasteiger partial charge is 0.282 e. The molecule has 5 nitrogen and oxygen atoms in total. The molecule has 0 radical (unpaired) electrons. The molecule has 6 heteroatoms. The maximum atomic E-state index is 13.1. The quantitative estimate of drug-likeness (QED) is 0.420. The number of benzene rings is 2. The van der Waals surface area contributed by atoms with E-state index in [1.807, 2.05) is 31.2 Å². The molecule has 0 amide bonds. The minimum atomic E-state index is -0.185. The highest BCUT2D eigenvalue weighted by Crippen LogP contribution is 2.29. The van der Waals surface area contributed by atoms with Gasteiger partial charge in [0.25, 0.3) is 5.56 Å². The molecule has 0 N–H and O–H groups in total. The number of halogens is 1. The van der Waals surface area contributed by atoms with E-state index in [1.165, 1.54) is 10.1 Å². The van der Waals surface area contributed by atoms with Crippen molar-refractivity contribution in [1.29, 1.82) is 0 Å². The smallest absolute Gasteiger partial charge is 0.266 e. The number of nitrogens with zero attached hydrogens (tertiary/aromatic N) is 4. The van der Waals surface area contributed by atoms with Crippen LogP contribution in [0.15, 0.2) is 71.8 Å². The second-order valence-electron chi connectivity index (χ2n) is 7.06. The Bertz CT molecular complexity index is 1450. The van der Waals surface area contributed by atoms with Crippen molar-refractivity contribution in [2.24, 2.45) is 0 Å². The van der Waals surface area contributed by atoms with Crippen LogP contribution in [0.4, 0.5) is 0 Å². The van der Waals surface area contributed by atoms with Gasteiger partial charge in [-0.1, -0.05) is 53.6 Å². The minimum Gasteiger partial charge on any atom is -0.282 e. The van der Waals surface area contributed by atoms with Crippen molar-refractivity contribution in [2.75, 3.05) is 0 Å². The van der Waals surface area contributed by atoms with E-state index >= 15 is 0 Å². The molecule has 0 bridgehead atoms. The van der Waals surface area contributed by atoms with Crippen molar-refractivity contribution in [1.82, 2.24) is 19.2 Å². The van der Waals surface area contributed by atoms with Crippen LogP contribution in [0.25, 0.3) is 33.4 Å². The molecule has 0 fully saturated rings. The Morgan fingerprint density at radius 2 is 1.72 bits per heavy atom. The van der Waals surface area contributed by atoms with Crippen LogP contribution in [0.5, 0.6) is 0 Å². The molecule has 5 rings (SSSR count). The van der Waals surface area contributed by atoms with E-state index in [0.29, 0.717) is 21.6 Å². The van der Waals surface area contributed by atoms with Gasteiger partial charge in [-0.2, -0.15) is 5.10 Å². The summed E-state index contributed by atoms with van der Waals surface area (Å²) in [4.78, 5) is 17.7. The Labute approximate surface area is 171 Å². The highest BCUT2D eigenvalue weighted by Gasteiger charge is 2.17. The second kappa shape index (κ2) is 6.57. The molecule has 0 aliphatic rings. The van der Waals surface area contributed by atoms with E-state index < -0.39 is 0 Å². The highest BCUT2D eigenvalue weighted by atomic mass is 35.5. The molecular weight excluding hydrogens is 384 g/mol. The summed E-state index contributed by atoms with van der Waals surface area (Å²) in [7, 11) is 0. The molecule has 0 saturated carbocycles. The topological polar surface area (TPSA) is 52.2 Å². The van der Waals surface area contributed by atoms with Crippen LogP contribution in [-0.2, 0) is 0 Å². The molecule has 0 spiro atoms. The summed E-state index contributed by atoms with van der Waals surface area (Å²) in [6, 6.07) is 17.4.